The molecule has 2 aromatic rings. The lowest BCUT2D eigenvalue weighted by Gasteiger charge is -2.14. The molecule has 3 rings (SSSR count). The minimum absolute atomic E-state index is 0.172. The largest absolute Gasteiger partial charge is 0.310 e. The minimum Gasteiger partial charge on any atom is -0.310 e. The highest BCUT2D eigenvalue weighted by molar-refractivity contribution is 6.30. The van der Waals surface area contributed by atoms with Gasteiger partial charge in [0.1, 0.15) is 12.2 Å². The van der Waals surface area contributed by atoms with Crippen LogP contribution in [0.25, 0.3) is 11.1 Å². The van der Waals surface area contributed by atoms with E-state index < -0.39 is 0 Å². The van der Waals surface area contributed by atoms with Crippen LogP contribution in [0.15, 0.2) is 30.5 Å². The number of anilines is 1. The lowest BCUT2D eigenvalue weighted by Crippen LogP contribution is -2.29. The number of nitrogens with one attached hydrogen (secondary N) is 1. The van der Waals surface area contributed by atoms with E-state index in [1.807, 2.05) is 12.1 Å². The van der Waals surface area contributed by atoms with Gasteiger partial charge in [-0.2, -0.15) is 9.78 Å². The minimum atomic E-state index is -0.325. The van der Waals surface area contributed by atoms with Gasteiger partial charge in [-0.1, -0.05) is 23.7 Å². The van der Waals surface area contributed by atoms with Gasteiger partial charge in [0, 0.05) is 10.6 Å². The molecule has 0 aliphatic carbocycles. The van der Waals surface area contributed by atoms with Crippen LogP contribution in [0.2, 0.25) is 5.02 Å². The SMILES string of the molecule is O=C1CC(=O)n2ncc(-c3ccc(Cl)cc3)c2N1. The maximum atomic E-state index is 11.6. The third-order valence-electron chi connectivity index (χ3n) is 2.73. The lowest BCUT2D eigenvalue weighted by atomic mass is 10.1. The number of aromatic nitrogens is 2. The van der Waals surface area contributed by atoms with Gasteiger partial charge < -0.3 is 5.32 Å². The van der Waals surface area contributed by atoms with Crippen LogP contribution in [0.1, 0.15) is 11.2 Å². The Morgan fingerprint density at radius 3 is 2.67 bits per heavy atom. The van der Waals surface area contributed by atoms with Crippen molar-refractivity contribution in [2.75, 3.05) is 5.32 Å². The van der Waals surface area contributed by atoms with Gasteiger partial charge in [0.25, 0.3) is 5.91 Å². The maximum Gasteiger partial charge on any atom is 0.258 e. The molecule has 0 bridgehead atoms. The number of fused-ring (bicyclic) bond motifs is 1. The van der Waals surface area contributed by atoms with Gasteiger partial charge in [-0.25, -0.2) is 0 Å². The van der Waals surface area contributed by atoms with Crippen molar-refractivity contribution in [3.8, 4) is 11.1 Å². The van der Waals surface area contributed by atoms with E-state index in [1.165, 1.54) is 4.68 Å². The number of benzene rings is 1. The van der Waals surface area contributed by atoms with E-state index in [1.54, 1.807) is 18.3 Å². The van der Waals surface area contributed by atoms with Gasteiger partial charge in [0.15, 0.2) is 0 Å². The summed E-state index contributed by atoms with van der Waals surface area (Å²) in [5.74, 6) is -0.226. The van der Waals surface area contributed by atoms with Crippen molar-refractivity contribution < 1.29 is 9.59 Å². The van der Waals surface area contributed by atoms with Gasteiger partial charge in [0.05, 0.1) is 6.20 Å². The Labute approximate surface area is 107 Å². The maximum absolute atomic E-state index is 11.6. The molecule has 6 heteroatoms. The molecule has 0 saturated heterocycles. The van der Waals surface area contributed by atoms with Crippen molar-refractivity contribution >= 4 is 29.2 Å². The van der Waals surface area contributed by atoms with Gasteiger partial charge in [-0.3, -0.25) is 9.59 Å². The van der Waals surface area contributed by atoms with E-state index in [9.17, 15) is 9.59 Å². The Hall–Kier alpha value is -2.14. The fourth-order valence-corrected chi connectivity index (χ4v) is 2.01. The molecule has 1 aromatic heterocycles. The van der Waals surface area contributed by atoms with Crippen molar-refractivity contribution in [1.29, 1.82) is 0 Å². The monoisotopic (exact) mass is 261 g/mol. The zero-order chi connectivity index (χ0) is 12.7. The summed E-state index contributed by atoms with van der Waals surface area (Å²) in [5.41, 5.74) is 1.55. The Bertz CT molecular complexity index is 646. The van der Waals surface area contributed by atoms with Crippen molar-refractivity contribution in [3.63, 3.8) is 0 Å². The van der Waals surface area contributed by atoms with Gasteiger partial charge in [-0.15, -0.1) is 0 Å². The van der Waals surface area contributed by atoms with E-state index in [4.69, 9.17) is 11.6 Å². The van der Waals surface area contributed by atoms with Crippen molar-refractivity contribution in [3.05, 3.63) is 35.5 Å². The number of hydrogen-bond donors (Lipinski definition) is 1. The number of carbonyl (C=O) groups excluding carboxylic acids is 2. The van der Waals surface area contributed by atoms with Crippen LogP contribution < -0.4 is 5.32 Å². The zero-order valence-electron chi connectivity index (χ0n) is 9.18. The summed E-state index contributed by atoms with van der Waals surface area (Å²) in [6, 6.07) is 7.11. The van der Waals surface area contributed by atoms with Crippen molar-refractivity contribution in [2.24, 2.45) is 0 Å². The molecule has 90 valence electrons. The van der Waals surface area contributed by atoms with E-state index >= 15 is 0 Å². The summed E-state index contributed by atoms with van der Waals surface area (Å²) in [6.07, 6.45) is 1.39. The summed E-state index contributed by atoms with van der Waals surface area (Å²) in [5, 5.41) is 7.28. The number of rotatable bonds is 1. The van der Waals surface area contributed by atoms with Crippen LogP contribution in [0.3, 0.4) is 0 Å². The molecule has 0 atom stereocenters. The Kier molecular flexibility index (Phi) is 2.41. The second-order valence-electron chi connectivity index (χ2n) is 3.94. The Morgan fingerprint density at radius 1 is 1.22 bits per heavy atom. The van der Waals surface area contributed by atoms with Gasteiger partial charge in [0.2, 0.25) is 5.91 Å². The van der Waals surface area contributed by atoms with Crippen LogP contribution in [0, 0.1) is 0 Å². The Morgan fingerprint density at radius 2 is 1.94 bits per heavy atom. The molecule has 1 aromatic carbocycles. The fraction of sp³-hybridized carbons (Fsp3) is 0.0833. The molecule has 5 nitrogen and oxygen atoms in total. The highest BCUT2D eigenvalue weighted by atomic mass is 35.5. The third-order valence-corrected chi connectivity index (χ3v) is 2.98. The summed E-state index contributed by atoms with van der Waals surface area (Å²) in [6.45, 7) is 0. The van der Waals surface area contributed by atoms with Gasteiger partial charge >= 0.3 is 0 Å². The number of hydrogen-bond acceptors (Lipinski definition) is 3. The quantitative estimate of drug-likeness (QED) is 0.801. The average Bonchev–Trinajstić information content (AvgIpc) is 2.74. The van der Waals surface area contributed by atoms with Crippen LogP contribution in [-0.4, -0.2) is 21.6 Å². The second-order valence-corrected chi connectivity index (χ2v) is 4.38. The van der Waals surface area contributed by atoms with Gasteiger partial charge in [-0.05, 0) is 17.7 Å². The first kappa shape index (κ1) is 11.0. The zero-order valence-corrected chi connectivity index (χ0v) is 9.94. The molecular formula is C12H8ClN3O2. The molecule has 0 saturated carbocycles. The molecule has 0 fully saturated rings. The molecule has 2 heterocycles. The van der Waals surface area contributed by atoms with Crippen LogP contribution >= 0.6 is 11.6 Å². The predicted octanol–water partition coefficient (Wildman–Crippen LogP) is 2.19. The summed E-state index contributed by atoms with van der Waals surface area (Å²) >= 11 is 5.82. The van der Waals surface area contributed by atoms with E-state index in [2.05, 4.69) is 10.4 Å². The first-order chi connectivity index (χ1) is 8.65. The molecule has 1 aliphatic rings. The van der Waals surface area contributed by atoms with Crippen LogP contribution in [0.4, 0.5) is 5.82 Å². The average molecular weight is 262 g/mol. The first-order valence-corrected chi connectivity index (χ1v) is 5.70. The number of amides is 1. The molecule has 1 amide bonds. The highest BCUT2D eigenvalue weighted by Crippen LogP contribution is 2.30. The fourth-order valence-electron chi connectivity index (χ4n) is 1.89. The molecule has 0 unspecified atom stereocenters. The molecule has 0 spiro atoms. The number of halogens is 1. The van der Waals surface area contributed by atoms with Crippen LogP contribution in [-0.2, 0) is 4.79 Å². The third kappa shape index (κ3) is 1.69. The summed E-state index contributed by atoms with van der Waals surface area (Å²) in [4.78, 5) is 23.0. The first-order valence-electron chi connectivity index (χ1n) is 5.32. The second kappa shape index (κ2) is 3.96. The predicted molar refractivity (Wildman–Crippen MR) is 66.5 cm³/mol. The highest BCUT2D eigenvalue weighted by Gasteiger charge is 2.26. The molecular weight excluding hydrogens is 254 g/mol. The number of nitrogens with zero attached hydrogens (tertiary/aromatic N) is 2. The van der Waals surface area contributed by atoms with Crippen molar-refractivity contribution in [2.45, 2.75) is 6.42 Å². The van der Waals surface area contributed by atoms with E-state index in [0.29, 0.717) is 16.4 Å². The Balaban J connectivity index is 2.12. The molecule has 0 radical (unpaired) electrons. The van der Waals surface area contributed by atoms with Crippen LogP contribution in [0.5, 0.6) is 0 Å². The number of carbonyl (C=O) groups is 2. The molecule has 1 aliphatic heterocycles. The smallest absolute Gasteiger partial charge is 0.258 e. The standard InChI is InChI=1S/C12H8ClN3O2/c13-8-3-1-7(2-4-8)9-6-14-16-11(18)5-10(17)15-12(9)16/h1-4,6H,5H2,(H,15,17). The molecule has 18 heavy (non-hydrogen) atoms. The topological polar surface area (TPSA) is 64.0 Å². The van der Waals surface area contributed by atoms with E-state index in [-0.39, 0.29) is 18.2 Å². The summed E-state index contributed by atoms with van der Waals surface area (Å²) in [7, 11) is 0. The normalized spacial score (nSPS) is 14.3. The van der Waals surface area contributed by atoms with E-state index in [0.717, 1.165) is 5.56 Å². The lowest BCUT2D eigenvalue weighted by molar-refractivity contribution is -0.115. The summed E-state index contributed by atoms with van der Waals surface area (Å²) < 4.78 is 1.21. The molecule has 1 N–H and O–H groups in total. The van der Waals surface area contributed by atoms with Crippen molar-refractivity contribution in [1.82, 2.24) is 9.78 Å².